The van der Waals surface area contributed by atoms with Gasteiger partial charge in [0.1, 0.15) is 12.0 Å². The lowest BCUT2D eigenvalue weighted by atomic mass is 10.0. The Bertz CT molecular complexity index is 394. The molecule has 1 heterocycles. The number of nitrogens with one attached hydrogen (secondary N) is 1. The fraction of sp³-hybridized carbons (Fsp3) is 0.455. The Morgan fingerprint density at radius 3 is 2.88 bits per heavy atom. The lowest BCUT2D eigenvalue weighted by Gasteiger charge is -2.17. The second kappa shape index (κ2) is 4.98. The van der Waals surface area contributed by atoms with Crippen LogP contribution >= 0.6 is 27.5 Å². The molecule has 5 heteroatoms. The van der Waals surface area contributed by atoms with Crippen LogP contribution in [0.15, 0.2) is 16.6 Å². The van der Waals surface area contributed by atoms with E-state index in [1.807, 2.05) is 0 Å². The van der Waals surface area contributed by atoms with Gasteiger partial charge in [0.25, 0.3) is 0 Å². The molecule has 1 N–H and O–H groups in total. The van der Waals surface area contributed by atoms with Crippen LogP contribution in [0.1, 0.15) is 24.6 Å². The molecular formula is C11H11BrClF2N. The zero-order valence-electron chi connectivity index (χ0n) is 8.44. The minimum absolute atomic E-state index is 0.0348. The minimum atomic E-state index is -1.34. The summed E-state index contributed by atoms with van der Waals surface area (Å²) in [5.74, 6) is -0.669. The summed E-state index contributed by atoms with van der Waals surface area (Å²) < 4.78 is 28.2. The monoisotopic (exact) mass is 309 g/mol. The number of alkyl halides is 1. The van der Waals surface area contributed by atoms with E-state index in [9.17, 15) is 8.78 Å². The number of halogens is 4. The molecule has 2 rings (SSSR count). The van der Waals surface area contributed by atoms with Crippen molar-refractivity contribution in [3.8, 4) is 0 Å². The zero-order valence-corrected chi connectivity index (χ0v) is 10.8. The van der Waals surface area contributed by atoms with Gasteiger partial charge in [-0.2, -0.15) is 0 Å². The fourth-order valence-electron chi connectivity index (χ4n) is 1.93. The Labute approximate surface area is 106 Å². The highest BCUT2D eigenvalue weighted by molar-refractivity contribution is 9.10. The smallest absolute Gasteiger partial charge is 0.149 e. The summed E-state index contributed by atoms with van der Waals surface area (Å²) in [6.07, 6.45) is 0.318. The van der Waals surface area contributed by atoms with Crippen LogP contribution in [0.4, 0.5) is 8.78 Å². The van der Waals surface area contributed by atoms with E-state index in [2.05, 4.69) is 21.2 Å². The third-order valence-electron chi connectivity index (χ3n) is 2.81. The molecule has 1 saturated heterocycles. The summed E-state index contributed by atoms with van der Waals surface area (Å²) in [4.78, 5) is 0. The first-order chi connectivity index (χ1) is 7.61. The number of rotatable bonds is 2. The van der Waals surface area contributed by atoms with E-state index < -0.39 is 12.0 Å². The summed E-state index contributed by atoms with van der Waals surface area (Å²) >= 11 is 8.83. The van der Waals surface area contributed by atoms with Crippen LogP contribution < -0.4 is 5.32 Å². The summed E-state index contributed by atoms with van der Waals surface area (Å²) in [5.41, 5.74) is 0.0348. The Hall–Kier alpha value is -0.190. The van der Waals surface area contributed by atoms with E-state index >= 15 is 0 Å². The zero-order chi connectivity index (χ0) is 11.7. The molecule has 2 atom stereocenters. The maximum Gasteiger partial charge on any atom is 0.149 e. The molecule has 1 aliphatic rings. The average Bonchev–Trinajstić information content (AvgIpc) is 2.79. The van der Waals surface area contributed by atoms with Crippen molar-refractivity contribution in [2.75, 3.05) is 6.54 Å². The Morgan fingerprint density at radius 1 is 1.50 bits per heavy atom. The van der Waals surface area contributed by atoms with Crippen molar-refractivity contribution in [1.82, 2.24) is 5.32 Å². The molecule has 16 heavy (non-hydrogen) atoms. The lowest BCUT2D eigenvalue weighted by molar-refractivity contribution is 0.264. The van der Waals surface area contributed by atoms with Gasteiger partial charge >= 0.3 is 0 Å². The first kappa shape index (κ1) is 12.3. The van der Waals surface area contributed by atoms with Gasteiger partial charge in [-0.3, -0.25) is 0 Å². The highest BCUT2D eigenvalue weighted by Gasteiger charge is 2.28. The molecule has 0 bridgehead atoms. The van der Waals surface area contributed by atoms with E-state index in [0.29, 0.717) is 4.47 Å². The van der Waals surface area contributed by atoms with Gasteiger partial charge in [0.15, 0.2) is 0 Å². The minimum Gasteiger partial charge on any atom is -0.311 e. The Kier molecular flexibility index (Phi) is 3.82. The maximum atomic E-state index is 14.0. The molecule has 0 aliphatic carbocycles. The van der Waals surface area contributed by atoms with Crippen molar-refractivity contribution in [1.29, 1.82) is 0 Å². The molecule has 1 fully saturated rings. The second-order valence-corrected chi connectivity index (χ2v) is 5.10. The summed E-state index contributed by atoms with van der Waals surface area (Å²) in [7, 11) is 0. The van der Waals surface area contributed by atoms with Gasteiger partial charge in [0, 0.05) is 16.1 Å². The van der Waals surface area contributed by atoms with Crippen LogP contribution in [0.25, 0.3) is 0 Å². The van der Waals surface area contributed by atoms with Gasteiger partial charge in [0.2, 0.25) is 0 Å². The van der Waals surface area contributed by atoms with Gasteiger partial charge in [-0.25, -0.2) is 8.78 Å². The molecule has 2 unspecified atom stereocenters. The molecule has 1 aromatic carbocycles. The molecule has 1 aromatic rings. The van der Waals surface area contributed by atoms with Crippen molar-refractivity contribution in [2.24, 2.45) is 0 Å². The highest BCUT2D eigenvalue weighted by Crippen LogP contribution is 2.34. The maximum absolute atomic E-state index is 14.0. The normalized spacial score (nSPS) is 22.4. The van der Waals surface area contributed by atoms with Crippen molar-refractivity contribution < 1.29 is 8.78 Å². The molecule has 1 nitrogen and oxygen atoms in total. The molecule has 0 radical (unpaired) electrons. The van der Waals surface area contributed by atoms with Gasteiger partial charge in [0.05, 0.1) is 5.02 Å². The van der Waals surface area contributed by atoms with Gasteiger partial charge < -0.3 is 5.32 Å². The Balaban J connectivity index is 2.29. The van der Waals surface area contributed by atoms with Gasteiger partial charge in [-0.15, -0.1) is 0 Å². The molecular weight excluding hydrogens is 299 g/mol. The number of hydrogen-bond acceptors (Lipinski definition) is 1. The van der Waals surface area contributed by atoms with Gasteiger partial charge in [-0.1, -0.05) is 17.7 Å². The van der Waals surface area contributed by atoms with Crippen LogP contribution in [-0.4, -0.2) is 12.6 Å². The van der Waals surface area contributed by atoms with Crippen molar-refractivity contribution >= 4 is 27.5 Å². The van der Waals surface area contributed by atoms with E-state index in [-0.39, 0.29) is 16.6 Å². The van der Waals surface area contributed by atoms with E-state index in [1.165, 1.54) is 6.07 Å². The number of hydrogen-bond donors (Lipinski definition) is 1. The molecule has 0 amide bonds. The SMILES string of the molecule is Fc1c(C(F)C2CCCN2)ccc(Br)c1Cl. The highest BCUT2D eigenvalue weighted by atomic mass is 79.9. The van der Waals surface area contributed by atoms with E-state index in [4.69, 9.17) is 11.6 Å². The topological polar surface area (TPSA) is 12.0 Å². The average molecular weight is 311 g/mol. The van der Waals surface area contributed by atoms with Crippen LogP contribution in [0.5, 0.6) is 0 Å². The molecule has 0 spiro atoms. The predicted octanol–water partition coefficient (Wildman–Crippen LogP) is 4.00. The van der Waals surface area contributed by atoms with Crippen LogP contribution in [0, 0.1) is 5.82 Å². The predicted molar refractivity (Wildman–Crippen MR) is 64.0 cm³/mol. The molecule has 88 valence electrons. The first-order valence-corrected chi connectivity index (χ1v) is 6.29. The van der Waals surface area contributed by atoms with Crippen molar-refractivity contribution in [3.05, 3.63) is 33.0 Å². The van der Waals surface area contributed by atoms with Crippen molar-refractivity contribution in [2.45, 2.75) is 25.1 Å². The number of benzene rings is 1. The van der Waals surface area contributed by atoms with E-state index in [0.717, 1.165) is 19.4 Å². The summed E-state index contributed by atoms with van der Waals surface area (Å²) in [6, 6.07) is 2.71. The molecule has 1 aliphatic heterocycles. The summed E-state index contributed by atoms with van der Waals surface area (Å²) in [6.45, 7) is 0.789. The first-order valence-electron chi connectivity index (χ1n) is 5.12. The third-order valence-corrected chi connectivity index (χ3v) is 4.07. The quantitative estimate of drug-likeness (QED) is 0.814. The Morgan fingerprint density at radius 2 is 2.25 bits per heavy atom. The summed E-state index contributed by atoms with van der Waals surface area (Å²) in [5, 5.41) is 2.96. The van der Waals surface area contributed by atoms with Crippen LogP contribution in [0.2, 0.25) is 5.02 Å². The van der Waals surface area contributed by atoms with Crippen LogP contribution in [0.3, 0.4) is 0 Å². The lowest BCUT2D eigenvalue weighted by Crippen LogP contribution is -2.27. The molecule has 0 saturated carbocycles. The van der Waals surface area contributed by atoms with Gasteiger partial charge in [-0.05, 0) is 41.4 Å². The fourth-order valence-corrected chi connectivity index (χ4v) is 2.41. The standard InChI is InChI=1S/C11H11BrClF2N/c12-7-4-3-6(11(15)9(7)13)10(14)8-2-1-5-16-8/h3-4,8,10,16H,1-2,5H2. The molecule has 0 aromatic heterocycles. The second-order valence-electron chi connectivity index (χ2n) is 3.87. The largest absolute Gasteiger partial charge is 0.311 e. The third kappa shape index (κ3) is 2.24. The van der Waals surface area contributed by atoms with E-state index in [1.54, 1.807) is 6.07 Å². The van der Waals surface area contributed by atoms with Crippen molar-refractivity contribution in [3.63, 3.8) is 0 Å². The van der Waals surface area contributed by atoms with Crippen LogP contribution in [-0.2, 0) is 0 Å².